The Hall–Kier alpha value is -0.860. The van der Waals surface area contributed by atoms with Crippen molar-refractivity contribution < 1.29 is 4.39 Å². The summed E-state index contributed by atoms with van der Waals surface area (Å²) < 4.78 is 13.1. The Kier molecular flexibility index (Phi) is 3.39. The molecule has 1 aromatic carbocycles. The van der Waals surface area contributed by atoms with Gasteiger partial charge < -0.3 is 0 Å². The zero-order valence-electron chi connectivity index (χ0n) is 8.04. The van der Waals surface area contributed by atoms with E-state index < -0.39 is 0 Å². The van der Waals surface area contributed by atoms with Gasteiger partial charge in [0.15, 0.2) is 0 Å². The maximum atomic E-state index is 13.1. The molecule has 0 saturated carbocycles. The van der Waals surface area contributed by atoms with E-state index in [0.717, 1.165) is 18.4 Å². The molecular formula is C12H10ClFS. The van der Waals surface area contributed by atoms with E-state index in [1.807, 2.05) is 6.07 Å². The number of hydrogen-bond acceptors (Lipinski definition) is 1. The minimum atomic E-state index is -0.334. The predicted octanol–water partition coefficient (Wildman–Crippen LogP) is 4.33. The molecule has 0 saturated heterocycles. The summed E-state index contributed by atoms with van der Waals surface area (Å²) in [5.41, 5.74) is 2.29. The van der Waals surface area contributed by atoms with Gasteiger partial charge in [-0.05, 0) is 52.9 Å². The lowest BCUT2D eigenvalue weighted by Crippen LogP contribution is -1.90. The number of benzene rings is 1. The molecule has 0 fully saturated rings. The van der Waals surface area contributed by atoms with Gasteiger partial charge in [0.2, 0.25) is 0 Å². The Morgan fingerprint density at radius 1 is 1.13 bits per heavy atom. The molecule has 15 heavy (non-hydrogen) atoms. The van der Waals surface area contributed by atoms with Gasteiger partial charge in [-0.25, -0.2) is 4.39 Å². The van der Waals surface area contributed by atoms with E-state index in [-0.39, 0.29) is 10.8 Å². The molecule has 0 amide bonds. The first-order valence-electron chi connectivity index (χ1n) is 4.71. The molecule has 0 aliphatic heterocycles. The van der Waals surface area contributed by atoms with Crippen LogP contribution >= 0.6 is 22.9 Å². The Balaban J connectivity index is 2.02. The summed E-state index contributed by atoms with van der Waals surface area (Å²) in [4.78, 5) is 0. The first-order valence-corrected chi connectivity index (χ1v) is 6.03. The summed E-state index contributed by atoms with van der Waals surface area (Å²) in [5, 5.41) is 4.36. The van der Waals surface area contributed by atoms with Crippen LogP contribution in [0.2, 0.25) is 5.02 Å². The van der Waals surface area contributed by atoms with Gasteiger partial charge in [0.05, 0.1) is 5.02 Å². The Bertz CT molecular complexity index is 437. The van der Waals surface area contributed by atoms with E-state index in [0.29, 0.717) is 0 Å². The second-order valence-electron chi connectivity index (χ2n) is 3.38. The van der Waals surface area contributed by atoms with Crippen molar-refractivity contribution in [2.75, 3.05) is 0 Å². The van der Waals surface area contributed by atoms with Gasteiger partial charge in [-0.1, -0.05) is 17.7 Å². The normalized spacial score (nSPS) is 10.5. The highest BCUT2D eigenvalue weighted by molar-refractivity contribution is 7.07. The third kappa shape index (κ3) is 2.80. The second-order valence-corrected chi connectivity index (χ2v) is 4.57. The zero-order valence-corrected chi connectivity index (χ0v) is 9.61. The topological polar surface area (TPSA) is 0 Å². The van der Waals surface area contributed by atoms with Crippen molar-refractivity contribution in [2.45, 2.75) is 12.8 Å². The van der Waals surface area contributed by atoms with Gasteiger partial charge in [-0.2, -0.15) is 11.3 Å². The summed E-state index contributed by atoms with van der Waals surface area (Å²) in [7, 11) is 0. The van der Waals surface area contributed by atoms with Gasteiger partial charge in [-0.3, -0.25) is 0 Å². The molecule has 0 nitrogen and oxygen atoms in total. The Morgan fingerprint density at radius 2 is 1.93 bits per heavy atom. The number of halogens is 2. The van der Waals surface area contributed by atoms with E-state index in [2.05, 4.69) is 16.8 Å². The zero-order chi connectivity index (χ0) is 10.7. The van der Waals surface area contributed by atoms with Gasteiger partial charge in [0.25, 0.3) is 0 Å². The Labute approximate surface area is 97.3 Å². The van der Waals surface area contributed by atoms with Crippen molar-refractivity contribution in [3.63, 3.8) is 0 Å². The highest BCUT2D eigenvalue weighted by Gasteiger charge is 2.01. The monoisotopic (exact) mass is 240 g/mol. The lowest BCUT2D eigenvalue weighted by atomic mass is 10.1. The molecule has 1 heterocycles. The quantitative estimate of drug-likeness (QED) is 0.749. The second kappa shape index (κ2) is 4.77. The van der Waals surface area contributed by atoms with Crippen LogP contribution < -0.4 is 0 Å². The fourth-order valence-corrected chi connectivity index (χ4v) is 2.24. The molecule has 3 heteroatoms. The minimum absolute atomic E-state index is 0.189. The lowest BCUT2D eigenvalue weighted by molar-refractivity contribution is 0.625. The third-order valence-electron chi connectivity index (χ3n) is 2.27. The fraction of sp³-hybridized carbons (Fsp3) is 0.167. The number of rotatable bonds is 3. The van der Waals surface area contributed by atoms with Gasteiger partial charge in [0, 0.05) is 0 Å². The van der Waals surface area contributed by atoms with E-state index in [4.69, 9.17) is 11.6 Å². The van der Waals surface area contributed by atoms with Crippen molar-refractivity contribution in [1.82, 2.24) is 0 Å². The highest BCUT2D eigenvalue weighted by Crippen LogP contribution is 2.17. The number of thiophene rings is 1. The van der Waals surface area contributed by atoms with Crippen LogP contribution in [0.5, 0.6) is 0 Å². The SMILES string of the molecule is Fc1cc(CCc2ccsc2)ccc1Cl. The number of hydrogen-bond donors (Lipinski definition) is 0. The molecule has 2 aromatic rings. The van der Waals surface area contributed by atoms with Crippen LogP contribution in [-0.2, 0) is 12.8 Å². The van der Waals surface area contributed by atoms with Crippen LogP contribution in [0.3, 0.4) is 0 Å². The molecule has 0 aliphatic rings. The van der Waals surface area contributed by atoms with Crippen LogP contribution in [0.4, 0.5) is 4.39 Å². The molecular weight excluding hydrogens is 231 g/mol. The van der Waals surface area contributed by atoms with E-state index in [9.17, 15) is 4.39 Å². The van der Waals surface area contributed by atoms with Crippen LogP contribution in [0.15, 0.2) is 35.0 Å². The average Bonchev–Trinajstić information content (AvgIpc) is 2.73. The molecule has 0 N–H and O–H groups in total. The molecule has 2 rings (SSSR count). The molecule has 0 atom stereocenters. The Morgan fingerprint density at radius 3 is 2.60 bits per heavy atom. The standard InChI is InChI=1S/C12H10ClFS/c13-11-4-3-9(7-12(11)14)1-2-10-5-6-15-8-10/h3-8H,1-2H2. The smallest absolute Gasteiger partial charge is 0.142 e. The van der Waals surface area contributed by atoms with Crippen molar-refractivity contribution >= 4 is 22.9 Å². The van der Waals surface area contributed by atoms with Gasteiger partial charge >= 0.3 is 0 Å². The van der Waals surface area contributed by atoms with E-state index >= 15 is 0 Å². The first-order chi connectivity index (χ1) is 7.25. The van der Waals surface area contributed by atoms with Crippen LogP contribution in [0, 0.1) is 5.82 Å². The van der Waals surface area contributed by atoms with Crippen molar-refractivity contribution in [1.29, 1.82) is 0 Å². The van der Waals surface area contributed by atoms with Gasteiger partial charge in [0.1, 0.15) is 5.82 Å². The molecule has 0 unspecified atom stereocenters. The van der Waals surface area contributed by atoms with Crippen molar-refractivity contribution in [2.24, 2.45) is 0 Å². The maximum absolute atomic E-state index is 13.1. The maximum Gasteiger partial charge on any atom is 0.142 e. The molecule has 1 aromatic heterocycles. The summed E-state index contributed by atoms with van der Waals surface area (Å²) in [6.45, 7) is 0. The highest BCUT2D eigenvalue weighted by atomic mass is 35.5. The fourth-order valence-electron chi connectivity index (χ4n) is 1.42. The molecule has 78 valence electrons. The lowest BCUT2D eigenvalue weighted by Gasteiger charge is -2.01. The summed E-state index contributed by atoms with van der Waals surface area (Å²) >= 11 is 7.29. The first kappa shape index (κ1) is 10.7. The minimum Gasteiger partial charge on any atom is -0.205 e. The van der Waals surface area contributed by atoms with E-state index in [1.54, 1.807) is 17.4 Å². The van der Waals surface area contributed by atoms with Crippen molar-refractivity contribution in [3.05, 3.63) is 57.0 Å². The molecule has 0 bridgehead atoms. The average molecular weight is 241 g/mol. The molecule has 0 radical (unpaired) electrons. The summed E-state index contributed by atoms with van der Waals surface area (Å²) in [6, 6.07) is 7.09. The largest absolute Gasteiger partial charge is 0.205 e. The molecule has 0 aliphatic carbocycles. The summed E-state index contributed by atoms with van der Waals surface area (Å²) in [5.74, 6) is -0.334. The van der Waals surface area contributed by atoms with Crippen molar-refractivity contribution in [3.8, 4) is 0 Å². The van der Waals surface area contributed by atoms with E-state index in [1.165, 1.54) is 11.6 Å². The van der Waals surface area contributed by atoms with Crippen LogP contribution in [0.25, 0.3) is 0 Å². The summed E-state index contributed by atoms with van der Waals surface area (Å²) in [6.07, 6.45) is 1.80. The van der Waals surface area contributed by atoms with Crippen LogP contribution in [-0.4, -0.2) is 0 Å². The molecule has 0 spiro atoms. The third-order valence-corrected chi connectivity index (χ3v) is 3.31. The van der Waals surface area contributed by atoms with Gasteiger partial charge in [-0.15, -0.1) is 0 Å². The van der Waals surface area contributed by atoms with Crippen LogP contribution in [0.1, 0.15) is 11.1 Å². The number of aryl methyl sites for hydroxylation is 2. The predicted molar refractivity (Wildman–Crippen MR) is 63.1 cm³/mol.